The van der Waals surface area contributed by atoms with E-state index in [1.165, 1.54) is 11.2 Å². The molecule has 1 N–H and O–H groups in total. The van der Waals surface area contributed by atoms with Crippen molar-refractivity contribution in [2.75, 3.05) is 0 Å². The number of aliphatic hydroxyl groups excluding tert-OH is 1. The van der Waals surface area contributed by atoms with Gasteiger partial charge >= 0.3 is 0 Å². The molecule has 0 bridgehead atoms. The molecule has 1 atom stereocenters. The van der Waals surface area contributed by atoms with Crippen molar-refractivity contribution in [3.63, 3.8) is 0 Å². The summed E-state index contributed by atoms with van der Waals surface area (Å²) in [6, 6.07) is 11.6. The topological polar surface area (TPSA) is 101 Å². The summed E-state index contributed by atoms with van der Waals surface area (Å²) in [5.41, 5.74) is 2.16. The molecule has 0 aromatic carbocycles. The number of aromatic nitrogens is 3. The zero-order valence-corrected chi connectivity index (χ0v) is 16.6. The number of carbonyl (C=O) groups excluding carboxylic acids is 2. The average Bonchev–Trinajstić information content (AvgIpc) is 3.47. The normalized spacial score (nSPS) is 18.2. The summed E-state index contributed by atoms with van der Waals surface area (Å²) in [6.07, 6.45) is 6.45. The van der Waals surface area contributed by atoms with Crippen LogP contribution in [0.3, 0.4) is 0 Å². The number of rotatable bonds is 4. The van der Waals surface area contributed by atoms with Crippen LogP contribution in [0.4, 0.5) is 0 Å². The highest BCUT2D eigenvalue weighted by molar-refractivity contribution is 6.46. The number of hydrogen-bond acceptors (Lipinski definition) is 6. The molecule has 4 aromatic rings. The molecular weight excluding hydrogens is 396 g/mol. The van der Waals surface area contributed by atoms with Crippen molar-refractivity contribution in [1.82, 2.24) is 19.3 Å². The van der Waals surface area contributed by atoms with Crippen molar-refractivity contribution >= 4 is 23.1 Å². The molecule has 0 spiro atoms. The summed E-state index contributed by atoms with van der Waals surface area (Å²) in [5.74, 6) is -1.21. The van der Waals surface area contributed by atoms with Crippen LogP contribution in [0.25, 0.3) is 11.4 Å². The molecule has 1 fully saturated rings. The molecule has 8 nitrogen and oxygen atoms in total. The Hall–Kier alpha value is -4.20. The molecule has 0 saturated carbocycles. The minimum atomic E-state index is -0.813. The summed E-state index contributed by atoms with van der Waals surface area (Å²) in [6.45, 7) is 1.83. The Morgan fingerprint density at radius 1 is 1.16 bits per heavy atom. The molecule has 0 aliphatic carbocycles. The minimum Gasteiger partial charge on any atom is -0.505 e. The number of carbonyl (C=O) groups is 2. The lowest BCUT2D eigenvalue weighted by Crippen LogP contribution is -2.29. The van der Waals surface area contributed by atoms with Gasteiger partial charge in [0.05, 0.1) is 30.1 Å². The van der Waals surface area contributed by atoms with Crippen molar-refractivity contribution in [3.8, 4) is 0 Å². The number of Topliss-reactive ketones (excluding diaryl/α,β-unsaturated/α-hetero) is 1. The molecule has 4 aromatic heterocycles. The molecule has 154 valence electrons. The van der Waals surface area contributed by atoms with Crippen molar-refractivity contribution in [2.45, 2.75) is 19.5 Å². The summed E-state index contributed by atoms with van der Waals surface area (Å²) in [7, 11) is 0. The van der Waals surface area contributed by atoms with E-state index in [0.717, 1.165) is 0 Å². The lowest BCUT2D eigenvalue weighted by molar-refractivity contribution is -0.140. The predicted octanol–water partition coefficient (Wildman–Crippen LogP) is 3.25. The Balaban J connectivity index is 1.72. The second-order valence-corrected chi connectivity index (χ2v) is 7.27. The maximum absolute atomic E-state index is 13.1. The van der Waals surface area contributed by atoms with Crippen LogP contribution in [-0.2, 0) is 16.1 Å². The highest BCUT2D eigenvalue weighted by atomic mass is 16.3. The van der Waals surface area contributed by atoms with E-state index in [-0.39, 0.29) is 17.9 Å². The van der Waals surface area contributed by atoms with Gasteiger partial charge in [-0.1, -0.05) is 12.1 Å². The van der Waals surface area contributed by atoms with Crippen molar-refractivity contribution in [1.29, 1.82) is 0 Å². The largest absolute Gasteiger partial charge is 0.505 e. The van der Waals surface area contributed by atoms with Gasteiger partial charge in [0.2, 0.25) is 0 Å². The molecule has 8 heteroatoms. The molecular formula is C23H18N4O4. The molecule has 1 aliphatic heterocycles. The second-order valence-electron chi connectivity index (χ2n) is 7.27. The summed E-state index contributed by atoms with van der Waals surface area (Å²) in [5, 5.41) is 11.3. The van der Waals surface area contributed by atoms with Crippen LogP contribution in [0.5, 0.6) is 0 Å². The van der Waals surface area contributed by atoms with Gasteiger partial charge in [0, 0.05) is 18.6 Å². The van der Waals surface area contributed by atoms with Gasteiger partial charge in [0.25, 0.3) is 11.7 Å². The fourth-order valence-corrected chi connectivity index (χ4v) is 4.02. The third-order valence-electron chi connectivity index (χ3n) is 5.37. The van der Waals surface area contributed by atoms with E-state index in [0.29, 0.717) is 28.4 Å². The number of nitrogens with zero attached hydrogens (tertiary/aromatic N) is 4. The Morgan fingerprint density at radius 3 is 2.77 bits per heavy atom. The molecule has 5 rings (SSSR count). The van der Waals surface area contributed by atoms with Crippen molar-refractivity contribution in [3.05, 3.63) is 95.6 Å². The maximum Gasteiger partial charge on any atom is 0.296 e. The Labute approximate surface area is 177 Å². The predicted molar refractivity (Wildman–Crippen MR) is 111 cm³/mol. The number of aryl methyl sites for hydroxylation is 1. The summed E-state index contributed by atoms with van der Waals surface area (Å²) < 4.78 is 7.09. The Kier molecular flexibility index (Phi) is 4.39. The van der Waals surface area contributed by atoms with Crippen LogP contribution in [0.2, 0.25) is 0 Å². The van der Waals surface area contributed by atoms with E-state index >= 15 is 0 Å². The molecule has 1 saturated heterocycles. The van der Waals surface area contributed by atoms with Gasteiger partial charge in [0.1, 0.15) is 17.1 Å². The van der Waals surface area contributed by atoms with Gasteiger partial charge < -0.3 is 14.4 Å². The van der Waals surface area contributed by atoms with Crippen LogP contribution in [0.1, 0.15) is 28.8 Å². The lowest BCUT2D eigenvalue weighted by Gasteiger charge is -2.24. The number of likely N-dealkylation sites (tertiary alicyclic amines) is 1. The first-order chi connectivity index (χ1) is 15.1. The molecule has 1 amide bonds. The van der Waals surface area contributed by atoms with E-state index in [4.69, 9.17) is 4.42 Å². The first kappa shape index (κ1) is 18.8. The fraction of sp³-hybridized carbons (Fsp3) is 0.130. The number of furan rings is 1. The number of fused-ring (bicyclic) bond motifs is 1. The van der Waals surface area contributed by atoms with Gasteiger partial charge in [-0.2, -0.15) is 0 Å². The number of aliphatic hydroxyl groups is 1. The van der Waals surface area contributed by atoms with Crippen LogP contribution in [-0.4, -0.2) is 36.1 Å². The monoisotopic (exact) mass is 414 g/mol. The zero-order valence-electron chi connectivity index (χ0n) is 16.6. The molecule has 31 heavy (non-hydrogen) atoms. The summed E-state index contributed by atoms with van der Waals surface area (Å²) in [4.78, 5) is 36.1. The first-order valence-electron chi connectivity index (χ1n) is 9.71. The number of amides is 1. The Morgan fingerprint density at radius 2 is 2.03 bits per heavy atom. The number of ketones is 1. The van der Waals surface area contributed by atoms with Crippen LogP contribution in [0, 0.1) is 6.92 Å². The zero-order chi connectivity index (χ0) is 21.5. The molecule has 0 radical (unpaired) electrons. The molecule has 5 heterocycles. The van der Waals surface area contributed by atoms with E-state index in [2.05, 4.69) is 9.97 Å². The number of pyridine rings is 2. The first-order valence-corrected chi connectivity index (χ1v) is 9.71. The standard InChI is InChI=1S/C23H18N4O4/c1-14-19(26-10-3-2-8-17(26)25-14)21(28)18-20(15-6-4-9-24-12-15)27(23(30)22(18)29)13-16-7-5-11-31-16/h2-12,20,28H,13H2,1H3/b21-18+. The fourth-order valence-electron chi connectivity index (χ4n) is 4.02. The van der Waals surface area contributed by atoms with Crippen LogP contribution in [0.15, 0.2) is 77.3 Å². The third-order valence-corrected chi connectivity index (χ3v) is 5.37. The molecule has 1 unspecified atom stereocenters. The van der Waals surface area contributed by atoms with E-state index in [9.17, 15) is 14.7 Å². The smallest absolute Gasteiger partial charge is 0.296 e. The van der Waals surface area contributed by atoms with E-state index < -0.39 is 17.7 Å². The number of imidazole rings is 1. The van der Waals surface area contributed by atoms with Crippen molar-refractivity contribution in [2.24, 2.45) is 0 Å². The van der Waals surface area contributed by atoms with Gasteiger partial charge in [0.15, 0.2) is 5.76 Å². The second kappa shape index (κ2) is 7.24. The summed E-state index contributed by atoms with van der Waals surface area (Å²) >= 11 is 0. The van der Waals surface area contributed by atoms with Crippen LogP contribution < -0.4 is 0 Å². The van der Waals surface area contributed by atoms with Gasteiger partial charge in [-0.15, -0.1) is 0 Å². The van der Waals surface area contributed by atoms with Crippen LogP contribution >= 0.6 is 0 Å². The quantitative estimate of drug-likeness (QED) is 0.313. The van der Waals surface area contributed by atoms with Gasteiger partial charge in [-0.05, 0) is 42.8 Å². The minimum absolute atomic E-state index is 0.00157. The lowest BCUT2D eigenvalue weighted by atomic mass is 9.97. The van der Waals surface area contributed by atoms with E-state index in [1.54, 1.807) is 66.3 Å². The van der Waals surface area contributed by atoms with Gasteiger partial charge in [-0.3, -0.25) is 19.0 Å². The third kappa shape index (κ3) is 3.00. The highest BCUT2D eigenvalue weighted by Gasteiger charge is 2.47. The number of hydrogen-bond donors (Lipinski definition) is 1. The van der Waals surface area contributed by atoms with Crippen molar-refractivity contribution < 1.29 is 19.1 Å². The maximum atomic E-state index is 13.1. The Bertz CT molecular complexity index is 1320. The highest BCUT2D eigenvalue weighted by Crippen LogP contribution is 2.40. The molecule has 1 aliphatic rings. The van der Waals surface area contributed by atoms with Gasteiger partial charge in [-0.25, -0.2) is 4.98 Å². The average molecular weight is 414 g/mol. The van der Waals surface area contributed by atoms with E-state index in [1.807, 2.05) is 6.07 Å². The SMILES string of the molecule is Cc1nc2ccccn2c1/C(O)=C1\C(=O)C(=O)N(Cc2ccco2)C1c1cccnc1.